The van der Waals surface area contributed by atoms with Crippen molar-refractivity contribution in [2.75, 3.05) is 7.05 Å². The molecule has 1 aliphatic rings. The van der Waals surface area contributed by atoms with E-state index in [1.165, 1.54) is 24.1 Å². The molecule has 82 valence electrons. The van der Waals surface area contributed by atoms with Gasteiger partial charge in [-0.15, -0.1) is 0 Å². The molecule has 1 fully saturated rings. The molecule has 0 aliphatic heterocycles. The Morgan fingerprint density at radius 3 is 2.40 bits per heavy atom. The third-order valence-electron chi connectivity index (χ3n) is 3.23. The van der Waals surface area contributed by atoms with Crippen molar-refractivity contribution >= 4 is 0 Å². The highest BCUT2D eigenvalue weighted by Crippen LogP contribution is 2.42. The lowest BCUT2D eigenvalue weighted by Gasteiger charge is -2.38. The van der Waals surface area contributed by atoms with Crippen LogP contribution in [0, 0.1) is 11.8 Å². The summed E-state index contributed by atoms with van der Waals surface area (Å²) in [6.07, 6.45) is 10.6. The molecule has 2 atom stereocenters. The van der Waals surface area contributed by atoms with Gasteiger partial charge in [-0.2, -0.15) is 0 Å². The second kappa shape index (κ2) is 5.59. The number of hydrogen-bond donors (Lipinski definition) is 1. The van der Waals surface area contributed by atoms with Crippen LogP contribution in [0.2, 0.25) is 0 Å². The first-order valence-corrected chi connectivity index (χ1v) is 5.53. The van der Waals surface area contributed by atoms with Gasteiger partial charge in [-0.3, -0.25) is 0 Å². The van der Waals surface area contributed by atoms with Crippen LogP contribution in [-0.4, -0.2) is 7.05 Å². The zero-order valence-electron chi connectivity index (χ0n) is 9.79. The minimum absolute atomic E-state index is 0.628. The predicted molar refractivity (Wildman–Crippen MR) is 67.5 cm³/mol. The second-order valence-electron chi connectivity index (χ2n) is 4.10. The molecular formula is C14H21N. The summed E-state index contributed by atoms with van der Waals surface area (Å²) in [6.45, 7) is 9.91. The molecule has 15 heavy (non-hydrogen) atoms. The summed E-state index contributed by atoms with van der Waals surface area (Å²) in [7, 11) is 1.95. The minimum Gasteiger partial charge on any atom is -0.392 e. The molecule has 1 rings (SSSR count). The lowest BCUT2D eigenvalue weighted by molar-refractivity contribution is 0.247. The molecule has 0 aromatic heterocycles. The maximum atomic E-state index is 4.05. The first kappa shape index (κ1) is 11.8. The van der Waals surface area contributed by atoms with E-state index in [4.69, 9.17) is 0 Å². The van der Waals surface area contributed by atoms with Crippen LogP contribution >= 0.6 is 0 Å². The first-order chi connectivity index (χ1) is 7.20. The van der Waals surface area contributed by atoms with Crippen molar-refractivity contribution in [1.29, 1.82) is 0 Å². The van der Waals surface area contributed by atoms with Gasteiger partial charge in [-0.05, 0) is 25.7 Å². The summed E-state index contributed by atoms with van der Waals surface area (Å²) in [5.41, 5.74) is 2.62. The molecule has 1 aliphatic carbocycles. The third kappa shape index (κ3) is 2.85. The molecular weight excluding hydrogens is 182 g/mol. The Bertz CT molecular complexity index is 296. The summed E-state index contributed by atoms with van der Waals surface area (Å²) in [4.78, 5) is 0. The first-order valence-electron chi connectivity index (χ1n) is 5.53. The molecule has 1 saturated carbocycles. The lowest BCUT2D eigenvalue weighted by atomic mass is 9.68. The van der Waals surface area contributed by atoms with Gasteiger partial charge in [-0.1, -0.05) is 43.0 Å². The molecule has 0 aromatic rings. The zero-order valence-corrected chi connectivity index (χ0v) is 9.79. The smallest absolute Gasteiger partial charge is 0.00686 e. The average Bonchev–Trinajstić information content (AvgIpc) is 2.16. The molecule has 1 N–H and O–H groups in total. The summed E-state index contributed by atoms with van der Waals surface area (Å²) in [6, 6.07) is 0. The molecule has 1 heteroatoms. The number of rotatable bonds is 5. The van der Waals surface area contributed by atoms with E-state index in [9.17, 15) is 0 Å². The van der Waals surface area contributed by atoms with Gasteiger partial charge in [0.1, 0.15) is 0 Å². The van der Waals surface area contributed by atoms with E-state index in [0.29, 0.717) is 11.8 Å². The Kier molecular flexibility index (Phi) is 4.41. The van der Waals surface area contributed by atoms with Crippen LogP contribution < -0.4 is 5.32 Å². The fraction of sp³-hybridized carbons (Fsp3) is 0.429. The predicted octanol–water partition coefficient (Wildman–Crippen LogP) is 3.43. The van der Waals surface area contributed by atoms with Gasteiger partial charge in [0.25, 0.3) is 0 Å². The van der Waals surface area contributed by atoms with Crippen LogP contribution in [0.5, 0.6) is 0 Å². The van der Waals surface area contributed by atoms with Crippen molar-refractivity contribution in [1.82, 2.24) is 5.32 Å². The Hall–Kier alpha value is -1.24. The number of allylic oxidation sites excluding steroid dienone is 6. The van der Waals surface area contributed by atoms with Gasteiger partial charge in [0, 0.05) is 18.7 Å². The monoisotopic (exact) mass is 203 g/mol. The van der Waals surface area contributed by atoms with Gasteiger partial charge in [0.15, 0.2) is 0 Å². The topological polar surface area (TPSA) is 12.0 Å². The van der Waals surface area contributed by atoms with Gasteiger partial charge >= 0.3 is 0 Å². The SMILES string of the molecule is C=C/C=C\C=C(/C)C1CCC1C(=C)NC. The molecule has 0 saturated heterocycles. The van der Waals surface area contributed by atoms with E-state index < -0.39 is 0 Å². The van der Waals surface area contributed by atoms with Crippen molar-refractivity contribution < 1.29 is 0 Å². The fourth-order valence-corrected chi connectivity index (χ4v) is 2.06. The largest absolute Gasteiger partial charge is 0.392 e. The average molecular weight is 203 g/mol. The molecule has 0 bridgehead atoms. The summed E-state index contributed by atoms with van der Waals surface area (Å²) < 4.78 is 0. The Balaban J connectivity index is 2.57. The molecule has 0 amide bonds. The molecule has 2 unspecified atom stereocenters. The number of nitrogens with one attached hydrogen (secondary N) is 1. The summed E-state index contributed by atoms with van der Waals surface area (Å²) >= 11 is 0. The van der Waals surface area contributed by atoms with Crippen molar-refractivity contribution in [3.05, 3.63) is 48.7 Å². The van der Waals surface area contributed by atoms with Gasteiger partial charge in [0.2, 0.25) is 0 Å². The van der Waals surface area contributed by atoms with Crippen molar-refractivity contribution in [2.24, 2.45) is 11.8 Å². The fourth-order valence-electron chi connectivity index (χ4n) is 2.06. The van der Waals surface area contributed by atoms with E-state index in [-0.39, 0.29) is 0 Å². The van der Waals surface area contributed by atoms with Crippen LogP contribution in [0.4, 0.5) is 0 Å². The highest BCUT2D eigenvalue weighted by atomic mass is 14.8. The van der Waals surface area contributed by atoms with E-state index in [2.05, 4.69) is 37.6 Å². The van der Waals surface area contributed by atoms with E-state index in [1.807, 2.05) is 13.1 Å². The van der Waals surface area contributed by atoms with Crippen LogP contribution in [0.3, 0.4) is 0 Å². The minimum atomic E-state index is 0.628. The van der Waals surface area contributed by atoms with Crippen molar-refractivity contribution in [3.63, 3.8) is 0 Å². The maximum Gasteiger partial charge on any atom is 0.00686 e. The van der Waals surface area contributed by atoms with Gasteiger partial charge in [0.05, 0.1) is 0 Å². The van der Waals surface area contributed by atoms with E-state index in [0.717, 1.165) is 0 Å². The van der Waals surface area contributed by atoms with Crippen molar-refractivity contribution in [3.8, 4) is 0 Å². The summed E-state index contributed by atoms with van der Waals surface area (Å²) in [5.74, 6) is 1.31. The molecule has 0 spiro atoms. The number of hydrogen-bond acceptors (Lipinski definition) is 1. The third-order valence-corrected chi connectivity index (χ3v) is 3.23. The highest BCUT2D eigenvalue weighted by molar-refractivity contribution is 5.22. The van der Waals surface area contributed by atoms with Crippen molar-refractivity contribution in [2.45, 2.75) is 19.8 Å². The standard InChI is InChI=1S/C14H21N/c1-5-6-7-8-11(2)13-9-10-14(13)12(3)15-4/h5-8,13-15H,1,3,9-10H2,2,4H3/b7-6-,11-8+. The Labute approximate surface area is 93.3 Å². The normalized spacial score (nSPS) is 26.1. The second-order valence-corrected chi connectivity index (χ2v) is 4.10. The van der Waals surface area contributed by atoms with E-state index >= 15 is 0 Å². The quantitative estimate of drug-likeness (QED) is 0.675. The van der Waals surface area contributed by atoms with E-state index in [1.54, 1.807) is 6.08 Å². The molecule has 1 nitrogen and oxygen atoms in total. The lowest BCUT2D eigenvalue weighted by Crippen LogP contribution is -2.32. The van der Waals surface area contributed by atoms with Crippen LogP contribution in [0.15, 0.2) is 48.7 Å². The van der Waals surface area contributed by atoms with Crippen LogP contribution in [-0.2, 0) is 0 Å². The van der Waals surface area contributed by atoms with Crippen LogP contribution in [0.1, 0.15) is 19.8 Å². The maximum absolute atomic E-state index is 4.05. The highest BCUT2D eigenvalue weighted by Gasteiger charge is 2.33. The Morgan fingerprint density at radius 2 is 1.93 bits per heavy atom. The Morgan fingerprint density at radius 1 is 1.27 bits per heavy atom. The molecule has 0 radical (unpaired) electrons. The van der Waals surface area contributed by atoms with Gasteiger partial charge in [-0.25, -0.2) is 0 Å². The zero-order chi connectivity index (χ0) is 11.3. The molecule has 0 heterocycles. The van der Waals surface area contributed by atoms with Gasteiger partial charge < -0.3 is 5.32 Å². The van der Waals surface area contributed by atoms with Crippen LogP contribution in [0.25, 0.3) is 0 Å². The summed E-state index contributed by atoms with van der Waals surface area (Å²) in [5, 5.41) is 3.16. The molecule has 0 aromatic carbocycles.